The summed E-state index contributed by atoms with van der Waals surface area (Å²) >= 11 is 0. The van der Waals surface area contributed by atoms with Crippen LogP contribution in [0.4, 0.5) is 0 Å². The van der Waals surface area contributed by atoms with Crippen LogP contribution in [0.25, 0.3) is 0 Å². The minimum absolute atomic E-state index is 0.372. The Kier molecular flexibility index (Phi) is 2.58. The molecule has 0 aromatic carbocycles. The zero-order valence-electron chi connectivity index (χ0n) is 7.92. The van der Waals surface area contributed by atoms with Crippen molar-refractivity contribution in [1.29, 1.82) is 0 Å². The largest absolute Gasteiger partial charge is 0.379 e. The summed E-state index contributed by atoms with van der Waals surface area (Å²) in [6, 6.07) is 3.06. The molecule has 2 rings (SSSR count). The lowest BCUT2D eigenvalue weighted by molar-refractivity contribution is 0.0968. The molecule has 1 aromatic rings. The maximum atomic E-state index is 11.3. The van der Waals surface area contributed by atoms with Gasteiger partial charge < -0.3 is 14.9 Å². The van der Waals surface area contributed by atoms with E-state index in [1.54, 1.807) is 6.07 Å². The van der Waals surface area contributed by atoms with Crippen LogP contribution in [0.3, 0.4) is 0 Å². The zero-order valence-corrected chi connectivity index (χ0v) is 9.71. The normalized spacial score (nSPS) is 42.7. The zero-order chi connectivity index (χ0) is 12.0. The highest BCUT2D eigenvalue weighted by atomic mass is 31.3. The second kappa shape index (κ2) is 3.47. The first-order valence-corrected chi connectivity index (χ1v) is 7.42. The minimum Gasteiger partial charge on any atom is -0.367 e. The van der Waals surface area contributed by atoms with Crippen LogP contribution in [0.5, 0.6) is 0 Å². The summed E-state index contributed by atoms with van der Waals surface area (Å²) in [4.78, 5) is 22.0. The maximum Gasteiger partial charge on any atom is 0.379 e. The summed E-state index contributed by atoms with van der Waals surface area (Å²) in [5, 5.41) is 7.12. The minimum atomic E-state index is -4.46. The molecule has 0 bridgehead atoms. The summed E-state index contributed by atoms with van der Waals surface area (Å²) in [5.74, 6) is 0. The van der Waals surface area contributed by atoms with Gasteiger partial charge in [0.15, 0.2) is 0 Å². The molecule has 1 saturated heterocycles. The number of hydrogen-bond donors (Lipinski definition) is 3. The lowest BCUT2D eigenvalue weighted by Gasteiger charge is -2.42. The van der Waals surface area contributed by atoms with E-state index in [4.69, 9.17) is 9.79 Å². The Morgan fingerprint density at radius 1 is 1.38 bits per heavy atom. The number of hydrogen-bond acceptors (Lipinski definition) is 5. The number of aromatic nitrogens is 1. The average molecular weight is 265 g/mol. The number of pyridine rings is 1. The van der Waals surface area contributed by atoms with E-state index in [9.17, 15) is 14.2 Å². The molecule has 7 nitrogen and oxygen atoms in total. The molecule has 1 aliphatic heterocycles. The van der Waals surface area contributed by atoms with Crippen molar-refractivity contribution in [3.63, 3.8) is 0 Å². The maximum absolute atomic E-state index is 11.3. The third kappa shape index (κ3) is 1.57. The van der Waals surface area contributed by atoms with Crippen LogP contribution in [0.1, 0.15) is 5.56 Å². The van der Waals surface area contributed by atoms with E-state index in [-0.39, 0.29) is 0 Å². The average Bonchev–Trinajstić information content (AvgIpc) is 2.17. The van der Waals surface area contributed by atoms with Crippen molar-refractivity contribution < 1.29 is 28.3 Å². The fourth-order valence-corrected chi connectivity index (χ4v) is 5.41. The van der Waals surface area contributed by atoms with Crippen molar-refractivity contribution >= 4 is 15.2 Å². The summed E-state index contributed by atoms with van der Waals surface area (Å²) in [5.41, 5.74) is 0.372. The first kappa shape index (κ1) is 11.9. The van der Waals surface area contributed by atoms with Gasteiger partial charge in [0.2, 0.25) is 0 Å². The predicted molar refractivity (Wildman–Crippen MR) is 53.6 cm³/mol. The highest BCUT2D eigenvalue weighted by Gasteiger charge is 2.74. The van der Waals surface area contributed by atoms with Crippen LogP contribution >= 0.6 is 15.2 Å². The van der Waals surface area contributed by atoms with Gasteiger partial charge >= 0.3 is 15.2 Å². The van der Waals surface area contributed by atoms with Crippen LogP contribution in [0.2, 0.25) is 0 Å². The quantitative estimate of drug-likeness (QED) is 0.672. The molecule has 9 heteroatoms. The van der Waals surface area contributed by atoms with Crippen molar-refractivity contribution in [3.05, 3.63) is 30.1 Å². The van der Waals surface area contributed by atoms with E-state index in [0.717, 1.165) is 0 Å². The molecule has 3 N–H and O–H groups in total. The van der Waals surface area contributed by atoms with Gasteiger partial charge in [-0.1, -0.05) is 6.07 Å². The molecule has 2 heterocycles. The monoisotopic (exact) mass is 265 g/mol. The van der Waals surface area contributed by atoms with Gasteiger partial charge in [0.05, 0.1) is 0 Å². The Morgan fingerprint density at radius 3 is 2.44 bits per heavy atom. The van der Waals surface area contributed by atoms with Crippen LogP contribution in [0.15, 0.2) is 24.5 Å². The van der Waals surface area contributed by atoms with Crippen LogP contribution in [-0.2, 0) is 19.9 Å². The van der Waals surface area contributed by atoms with Gasteiger partial charge in [-0.3, -0.25) is 14.1 Å². The van der Waals surface area contributed by atoms with Gasteiger partial charge in [-0.15, -0.1) is 0 Å². The third-order valence-electron chi connectivity index (χ3n) is 2.29. The van der Waals surface area contributed by atoms with Crippen molar-refractivity contribution in [2.45, 2.75) is 11.5 Å². The molecule has 0 aliphatic carbocycles. The highest BCUT2D eigenvalue weighted by molar-refractivity contribution is 7.85. The molecule has 2 atom stereocenters. The van der Waals surface area contributed by atoms with E-state index < -0.39 is 26.7 Å². The van der Waals surface area contributed by atoms with Crippen LogP contribution in [-0.4, -0.2) is 25.0 Å². The Balaban J connectivity index is 2.33. The van der Waals surface area contributed by atoms with Gasteiger partial charge in [-0.2, -0.15) is 0 Å². The summed E-state index contributed by atoms with van der Waals surface area (Å²) in [6.07, 6.45) is 2.35. The fraction of sp³-hybridized carbons (Fsp3) is 0.286. The van der Waals surface area contributed by atoms with Gasteiger partial charge in [0, 0.05) is 18.8 Å². The van der Waals surface area contributed by atoms with Crippen LogP contribution in [0, 0.1) is 0 Å². The molecule has 0 amide bonds. The van der Waals surface area contributed by atoms with Gasteiger partial charge in [-0.25, -0.2) is 4.31 Å². The van der Waals surface area contributed by atoms with E-state index in [1.165, 1.54) is 18.5 Å². The Morgan fingerprint density at radius 2 is 2.00 bits per heavy atom. The summed E-state index contributed by atoms with van der Waals surface area (Å²) in [7, 11) is -8.92. The molecular formula is C7H9NO6P2. The number of aliphatic hydroxyl groups is 1. The molecule has 1 aliphatic rings. The van der Waals surface area contributed by atoms with Gasteiger partial charge in [0.25, 0.3) is 5.08 Å². The van der Waals surface area contributed by atoms with Crippen molar-refractivity contribution in [2.75, 3.05) is 0 Å². The second-order valence-corrected chi connectivity index (χ2v) is 8.00. The smallest absolute Gasteiger partial charge is 0.367 e. The van der Waals surface area contributed by atoms with E-state index >= 15 is 0 Å². The van der Waals surface area contributed by atoms with Crippen molar-refractivity contribution in [3.8, 4) is 0 Å². The van der Waals surface area contributed by atoms with Gasteiger partial charge in [0.1, 0.15) is 0 Å². The lowest BCUT2D eigenvalue weighted by Crippen LogP contribution is -2.40. The molecular weight excluding hydrogens is 256 g/mol. The standard InChI is InChI=1S/C7H9NO6P2/c9-7(4-6-2-1-3-8-5-6)15(10,11)14-16(7,12)13/h1-3,5,9H,4H2,(H,10,11)(H,12,13). The SMILES string of the molecule is O=P1(O)OP(=O)(O)C1(O)Cc1cccnc1. The fourth-order valence-electron chi connectivity index (χ4n) is 1.38. The molecule has 0 spiro atoms. The molecule has 0 saturated carbocycles. The molecule has 16 heavy (non-hydrogen) atoms. The third-order valence-corrected chi connectivity index (χ3v) is 7.70. The van der Waals surface area contributed by atoms with Crippen molar-refractivity contribution in [2.24, 2.45) is 0 Å². The van der Waals surface area contributed by atoms with E-state index in [2.05, 4.69) is 9.29 Å². The van der Waals surface area contributed by atoms with E-state index in [0.29, 0.717) is 5.56 Å². The Bertz CT molecular complexity index is 481. The summed E-state index contributed by atoms with van der Waals surface area (Å²) in [6.45, 7) is 0. The van der Waals surface area contributed by atoms with E-state index in [1.807, 2.05) is 0 Å². The molecule has 0 radical (unpaired) electrons. The number of nitrogens with zero attached hydrogens (tertiary/aromatic N) is 1. The Hall–Kier alpha value is -0.550. The second-order valence-electron chi connectivity index (χ2n) is 3.43. The topological polar surface area (TPSA) is 117 Å². The van der Waals surface area contributed by atoms with Crippen molar-refractivity contribution in [1.82, 2.24) is 4.98 Å². The highest BCUT2D eigenvalue weighted by Crippen LogP contribution is 2.88. The Labute approximate surface area is 90.8 Å². The molecule has 88 valence electrons. The van der Waals surface area contributed by atoms with Gasteiger partial charge in [-0.05, 0) is 11.6 Å². The predicted octanol–water partition coefficient (Wildman–Crippen LogP) is 0.671. The molecule has 1 aromatic heterocycles. The first-order valence-electron chi connectivity index (χ1n) is 4.27. The molecule has 1 fully saturated rings. The summed E-state index contributed by atoms with van der Waals surface area (Å²) < 4.78 is 26.5. The first-order chi connectivity index (χ1) is 7.29. The number of rotatable bonds is 2. The molecule has 2 unspecified atom stereocenters. The van der Waals surface area contributed by atoms with Crippen LogP contribution < -0.4 is 0 Å². The lowest BCUT2D eigenvalue weighted by atomic mass is 10.2.